The molecular formula is C20H22N4OS. The minimum Gasteiger partial charge on any atom is -0.399 e. The highest BCUT2D eigenvalue weighted by atomic mass is 32.1. The Balaban J connectivity index is 1.99. The van der Waals surface area contributed by atoms with Crippen LogP contribution in [0.5, 0.6) is 0 Å². The van der Waals surface area contributed by atoms with Crippen LogP contribution >= 0.6 is 11.3 Å². The van der Waals surface area contributed by atoms with Crippen LogP contribution in [0.3, 0.4) is 0 Å². The summed E-state index contributed by atoms with van der Waals surface area (Å²) in [5, 5.41) is 0.851. The van der Waals surface area contributed by atoms with Gasteiger partial charge in [-0.1, -0.05) is 30.3 Å². The van der Waals surface area contributed by atoms with E-state index in [4.69, 9.17) is 22.2 Å². The Morgan fingerprint density at radius 1 is 1.12 bits per heavy atom. The Morgan fingerprint density at radius 2 is 1.81 bits per heavy atom. The molecule has 0 aliphatic carbocycles. The van der Waals surface area contributed by atoms with Gasteiger partial charge < -0.3 is 17.2 Å². The smallest absolute Gasteiger partial charge is 0.261 e. The number of rotatable bonds is 5. The van der Waals surface area contributed by atoms with Crippen molar-refractivity contribution in [3.05, 3.63) is 68.5 Å². The van der Waals surface area contributed by atoms with Gasteiger partial charge in [0.25, 0.3) is 5.91 Å². The van der Waals surface area contributed by atoms with Gasteiger partial charge in [0.1, 0.15) is 4.88 Å². The lowest BCUT2D eigenvalue weighted by Crippen LogP contribution is -2.10. The lowest BCUT2D eigenvalue weighted by atomic mass is 10.0. The molecule has 0 atom stereocenters. The molecule has 1 amide bonds. The molecule has 3 rings (SSSR count). The molecule has 0 aliphatic heterocycles. The lowest BCUT2D eigenvalue weighted by Gasteiger charge is -2.08. The second kappa shape index (κ2) is 7.27. The van der Waals surface area contributed by atoms with E-state index in [-0.39, 0.29) is 0 Å². The molecule has 0 fully saturated rings. The minimum absolute atomic E-state index is 0.461. The molecule has 1 heterocycles. The number of hydrogen-bond acceptors (Lipinski definition) is 5. The quantitative estimate of drug-likeness (QED) is 0.603. The Bertz CT molecular complexity index is 961. The topological polar surface area (TPSA) is 108 Å². The van der Waals surface area contributed by atoms with Gasteiger partial charge in [0.05, 0.1) is 10.7 Å². The van der Waals surface area contributed by atoms with E-state index in [1.165, 1.54) is 11.3 Å². The zero-order chi connectivity index (χ0) is 18.8. The van der Waals surface area contributed by atoms with Crippen LogP contribution in [0.15, 0.2) is 36.4 Å². The highest BCUT2D eigenvalue weighted by Crippen LogP contribution is 2.30. The molecule has 0 saturated carbocycles. The third kappa shape index (κ3) is 3.61. The number of nitrogens with two attached hydrogens (primary N) is 3. The van der Waals surface area contributed by atoms with E-state index in [1.807, 2.05) is 44.2 Å². The predicted octanol–water partition coefficient (Wildman–Crippen LogP) is 3.16. The van der Waals surface area contributed by atoms with Gasteiger partial charge in [-0.05, 0) is 42.2 Å². The van der Waals surface area contributed by atoms with Gasteiger partial charge in [0.15, 0.2) is 0 Å². The van der Waals surface area contributed by atoms with Crippen LogP contribution < -0.4 is 17.2 Å². The van der Waals surface area contributed by atoms with Crippen molar-refractivity contribution in [2.45, 2.75) is 26.8 Å². The van der Waals surface area contributed by atoms with E-state index >= 15 is 0 Å². The van der Waals surface area contributed by atoms with Crippen LogP contribution in [0, 0.1) is 13.8 Å². The summed E-state index contributed by atoms with van der Waals surface area (Å²) < 4.78 is 0. The Hall–Kier alpha value is -2.70. The van der Waals surface area contributed by atoms with E-state index < -0.39 is 5.91 Å². The van der Waals surface area contributed by atoms with E-state index in [0.717, 1.165) is 38.5 Å². The van der Waals surface area contributed by atoms with Crippen LogP contribution in [0.4, 0.5) is 5.69 Å². The summed E-state index contributed by atoms with van der Waals surface area (Å²) >= 11 is 1.34. The summed E-state index contributed by atoms with van der Waals surface area (Å²) in [5.74, 6) is -0.461. The first kappa shape index (κ1) is 18.1. The summed E-state index contributed by atoms with van der Waals surface area (Å²) in [6.07, 6.45) is 0.638. The molecule has 5 nitrogen and oxygen atoms in total. The number of aromatic nitrogens is 1. The van der Waals surface area contributed by atoms with E-state index in [0.29, 0.717) is 23.5 Å². The lowest BCUT2D eigenvalue weighted by molar-refractivity contribution is 0.100. The first-order valence-electron chi connectivity index (χ1n) is 8.33. The third-order valence-corrected chi connectivity index (χ3v) is 5.49. The van der Waals surface area contributed by atoms with Crippen molar-refractivity contribution in [2.24, 2.45) is 11.5 Å². The number of carbonyl (C=O) groups excluding carboxylic acids is 1. The first-order valence-corrected chi connectivity index (χ1v) is 9.15. The summed E-state index contributed by atoms with van der Waals surface area (Å²) in [6, 6.07) is 11.8. The monoisotopic (exact) mass is 366 g/mol. The van der Waals surface area contributed by atoms with Gasteiger partial charge in [-0.2, -0.15) is 0 Å². The van der Waals surface area contributed by atoms with Crippen LogP contribution in [-0.2, 0) is 13.0 Å². The molecule has 0 aliphatic rings. The number of nitrogens with zero attached hydrogens (tertiary/aromatic N) is 1. The zero-order valence-electron chi connectivity index (χ0n) is 14.9. The van der Waals surface area contributed by atoms with Gasteiger partial charge in [-0.3, -0.25) is 4.79 Å². The Kier molecular flexibility index (Phi) is 5.06. The second-order valence-electron chi connectivity index (χ2n) is 6.36. The van der Waals surface area contributed by atoms with Crippen molar-refractivity contribution < 1.29 is 4.79 Å². The van der Waals surface area contributed by atoms with Crippen molar-refractivity contribution in [1.29, 1.82) is 0 Å². The molecule has 134 valence electrons. The van der Waals surface area contributed by atoms with Gasteiger partial charge in [0, 0.05) is 24.2 Å². The molecule has 2 aromatic carbocycles. The standard InChI is InChI=1S/C20H22N4OS/c1-11-8-16(22)12(2)7-15(11)9-17-24-18(19(26-17)20(23)25)14-5-3-13(10-21)4-6-14/h3-8H,9-10,21-22H2,1-2H3,(H2,23,25). The third-order valence-electron chi connectivity index (χ3n) is 4.42. The molecule has 0 bridgehead atoms. The fourth-order valence-electron chi connectivity index (χ4n) is 2.85. The largest absolute Gasteiger partial charge is 0.399 e. The van der Waals surface area contributed by atoms with Gasteiger partial charge in [-0.15, -0.1) is 11.3 Å². The first-order chi connectivity index (χ1) is 12.4. The molecule has 0 saturated heterocycles. The summed E-state index contributed by atoms with van der Waals surface area (Å²) in [6.45, 7) is 4.49. The van der Waals surface area contributed by atoms with Crippen LogP contribution in [0.1, 0.15) is 36.9 Å². The fraction of sp³-hybridized carbons (Fsp3) is 0.200. The summed E-state index contributed by atoms with van der Waals surface area (Å²) in [7, 11) is 0. The maximum absolute atomic E-state index is 11.9. The van der Waals surface area contributed by atoms with Crippen molar-refractivity contribution in [3.8, 4) is 11.3 Å². The summed E-state index contributed by atoms with van der Waals surface area (Å²) in [4.78, 5) is 17.1. The molecule has 26 heavy (non-hydrogen) atoms. The number of anilines is 1. The van der Waals surface area contributed by atoms with Gasteiger partial charge in [0.2, 0.25) is 0 Å². The molecule has 0 radical (unpaired) electrons. The van der Waals surface area contributed by atoms with Crippen LogP contribution in [0.2, 0.25) is 0 Å². The number of nitrogen functional groups attached to an aromatic ring is 1. The minimum atomic E-state index is -0.461. The highest BCUT2D eigenvalue weighted by Gasteiger charge is 2.18. The van der Waals surface area contributed by atoms with Crippen molar-refractivity contribution in [1.82, 2.24) is 4.98 Å². The van der Waals surface area contributed by atoms with E-state index in [2.05, 4.69) is 6.07 Å². The predicted molar refractivity (Wildman–Crippen MR) is 107 cm³/mol. The van der Waals surface area contributed by atoms with Crippen molar-refractivity contribution in [2.75, 3.05) is 5.73 Å². The average Bonchev–Trinajstić information content (AvgIpc) is 3.04. The maximum atomic E-state index is 11.9. The molecule has 3 aromatic rings. The number of benzene rings is 2. The number of carbonyl (C=O) groups is 1. The molecule has 0 unspecified atom stereocenters. The number of amides is 1. The van der Waals surface area contributed by atoms with Crippen LogP contribution in [-0.4, -0.2) is 10.9 Å². The van der Waals surface area contributed by atoms with Gasteiger partial charge in [-0.25, -0.2) is 4.98 Å². The molecular weight excluding hydrogens is 344 g/mol. The highest BCUT2D eigenvalue weighted by molar-refractivity contribution is 7.14. The Morgan fingerprint density at radius 3 is 2.42 bits per heavy atom. The van der Waals surface area contributed by atoms with E-state index in [1.54, 1.807) is 0 Å². The molecule has 0 spiro atoms. The molecule has 6 heteroatoms. The number of thiazole rings is 1. The van der Waals surface area contributed by atoms with Crippen LogP contribution in [0.25, 0.3) is 11.3 Å². The maximum Gasteiger partial charge on any atom is 0.261 e. The van der Waals surface area contributed by atoms with E-state index in [9.17, 15) is 4.79 Å². The molecule has 6 N–H and O–H groups in total. The SMILES string of the molecule is Cc1cc(Cc2nc(-c3ccc(CN)cc3)c(C(N)=O)s2)c(C)cc1N. The number of primary amides is 1. The fourth-order valence-corrected chi connectivity index (χ4v) is 3.81. The Labute approximate surface area is 156 Å². The number of hydrogen-bond donors (Lipinski definition) is 3. The van der Waals surface area contributed by atoms with Crippen molar-refractivity contribution in [3.63, 3.8) is 0 Å². The number of aryl methyl sites for hydroxylation is 2. The normalized spacial score (nSPS) is 10.9. The molecule has 1 aromatic heterocycles. The zero-order valence-corrected chi connectivity index (χ0v) is 15.7. The summed E-state index contributed by atoms with van der Waals surface area (Å²) in [5.41, 5.74) is 23.8. The second-order valence-corrected chi connectivity index (χ2v) is 7.45. The van der Waals surface area contributed by atoms with Crippen molar-refractivity contribution >= 4 is 22.9 Å². The average molecular weight is 366 g/mol. The van der Waals surface area contributed by atoms with Gasteiger partial charge >= 0.3 is 0 Å².